The number of aryl methyl sites for hydroxylation is 1. The average Bonchev–Trinajstić information content (AvgIpc) is 2.72. The topological polar surface area (TPSA) is 61.4 Å². The van der Waals surface area contributed by atoms with Crippen molar-refractivity contribution in [2.75, 3.05) is 18.4 Å². The molecule has 0 bridgehead atoms. The number of hydrogen-bond acceptors (Lipinski definition) is 2. The van der Waals surface area contributed by atoms with Crippen molar-refractivity contribution in [2.24, 2.45) is 5.92 Å². The number of rotatable bonds is 6. The van der Waals surface area contributed by atoms with Crippen molar-refractivity contribution in [1.29, 1.82) is 0 Å². The van der Waals surface area contributed by atoms with E-state index in [4.69, 9.17) is 0 Å². The number of piperidine rings is 1. The van der Waals surface area contributed by atoms with Gasteiger partial charge in [-0.05, 0) is 61.9 Å². The SMILES string of the molecule is Cc1cccc(CNC(=O)CCC2CCCN(C(=O)Nc3ccc(F)cc3)C2)c1. The van der Waals surface area contributed by atoms with E-state index in [9.17, 15) is 14.0 Å². The molecule has 1 aliphatic rings. The summed E-state index contributed by atoms with van der Waals surface area (Å²) in [6.45, 7) is 3.91. The molecule has 6 heteroatoms. The monoisotopic (exact) mass is 397 g/mol. The third-order valence-electron chi connectivity index (χ3n) is 5.25. The highest BCUT2D eigenvalue weighted by molar-refractivity contribution is 5.89. The summed E-state index contributed by atoms with van der Waals surface area (Å²) in [6, 6.07) is 13.7. The van der Waals surface area contributed by atoms with Gasteiger partial charge in [-0.2, -0.15) is 0 Å². The van der Waals surface area contributed by atoms with Crippen LogP contribution in [0.2, 0.25) is 0 Å². The van der Waals surface area contributed by atoms with Gasteiger partial charge in [-0.1, -0.05) is 29.8 Å². The summed E-state index contributed by atoms with van der Waals surface area (Å²) in [5.74, 6) is 0.0218. The Morgan fingerprint density at radius 3 is 2.72 bits per heavy atom. The molecule has 154 valence electrons. The fourth-order valence-electron chi connectivity index (χ4n) is 3.67. The van der Waals surface area contributed by atoms with Gasteiger partial charge < -0.3 is 15.5 Å². The molecular weight excluding hydrogens is 369 g/mol. The smallest absolute Gasteiger partial charge is 0.321 e. The number of nitrogens with one attached hydrogen (secondary N) is 2. The van der Waals surface area contributed by atoms with Gasteiger partial charge in [0, 0.05) is 31.7 Å². The van der Waals surface area contributed by atoms with Crippen LogP contribution in [0.25, 0.3) is 0 Å². The molecule has 1 heterocycles. The minimum Gasteiger partial charge on any atom is -0.352 e. The summed E-state index contributed by atoms with van der Waals surface area (Å²) in [5.41, 5.74) is 2.85. The van der Waals surface area contributed by atoms with Gasteiger partial charge in [0.25, 0.3) is 0 Å². The van der Waals surface area contributed by atoms with Crippen LogP contribution in [-0.2, 0) is 11.3 Å². The highest BCUT2D eigenvalue weighted by Crippen LogP contribution is 2.22. The lowest BCUT2D eigenvalue weighted by atomic mass is 9.93. The maximum atomic E-state index is 13.0. The zero-order valence-corrected chi connectivity index (χ0v) is 16.8. The Bertz CT molecular complexity index is 838. The molecule has 2 aromatic carbocycles. The first-order chi connectivity index (χ1) is 14.0. The number of halogens is 1. The van der Waals surface area contributed by atoms with Crippen LogP contribution in [0.1, 0.15) is 36.8 Å². The molecule has 1 fully saturated rings. The Morgan fingerprint density at radius 2 is 1.97 bits per heavy atom. The van der Waals surface area contributed by atoms with E-state index in [0.717, 1.165) is 24.8 Å². The molecule has 3 rings (SSSR count). The van der Waals surface area contributed by atoms with Gasteiger partial charge in [0.2, 0.25) is 5.91 Å². The first-order valence-electron chi connectivity index (χ1n) is 10.1. The van der Waals surface area contributed by atoms with E-state index in [-0.39, 0.29) is 17.8 Å². The molecule has 5 nitrogen and oxygen atoms in total. The Kier molecular flexibility index (Phi) is 7.22. The first-order valence-corrected chi connectivity index (χ1v) is 10.1. The number of likely N-dealkylation sites (tertiary alicyclic amines) is 1. The number of hydrogen-bond donors (Lipinski definition) is 2. The van der Waals surface area contributed by atoms with Gasteiger partial charge in [0.1, 0.15) is 5.82 Å². The molecule has 0 saturated carbocycles. The Balaban J connectivity index is 1.41. The van der Waals surface area contributed by atoms with E-state index in [0.29, 0.717) is 37.7 Å². The first kappa shape index (κ1) is 20.8. The van der Waals surface area contributed by atoms with Crippen molar-refractivity contribution in [1.82, 2.24) is 10.2 Å². The summed E-state index contributed by atoms with van der Waals surface area (Å²) in [4.78, 5) is 26.4. The Hall–Kier alpha value is -2.89. The standard InChI is InChI=1S/C23H28FN3O2/c1-17-4-2-5-19(14-17)15-25-22(28)12-7-18-6-3-13-27(16-18)23(29)26-21-10-8-20(24)9-11-21/h2,4-5,8-11,14,18H,3,6-7,12-13,15-16H2,1H3,(H,25,28)(H,26,29). The van der Waals surface area contributed by atoms with E-state index in [1.165, 1.54) is 17.7 Å². The number of anilines is 1. The normalized spacial score (nSPS) is 16.3. The zero-order valence-electron chi connectivity index (χ0n) is 16.8. The van der Waals surface area contributed by atoms with Crippen molar-refractivity contribution in [3.05, 3.63) is 65.5 Å². The molecule has 1 atom stereocenters. The molecule has 0 radical (unpaired) electrons. The minimum absolute atomic E-state index is 0.0411. The van der Waals surface area contributed by atoms with E-state index >= 15 is 0 Å². The number of urea groups is 1. The lowest BCUT2D eigenvalue weighted by Crippen LogP contribution is -2.42. The number of benzene rings is 2. The summed E-state index contributed by atoms with van der Waals surface area (Å²) in [7, 11) is 0. The summed E-state index contributed by atoms with van der Waals surface area (Å²) in [6.07, 6.45) is 3.17. The van der Waals surface area contributed by atoms with Crippen LogP contribution < -0.4 is 10.6 Å². The molecule has 29 heavy (non-hydrogen) atoms. The third-order valence-corrected chi connectivity index (χ3v) is 5.25. The molecule has 3 amide bonds. The largest absolute Gasteiger partial charge is 0.352 e. The number of carbonyl (C=O) groups excluding carboxylic acids is 2. The van der Waals surface area contributed by atoms with Crippen molar-refractivity contribution in [3.8, 4) is 0 Å². The molecule has 0 aliphatic carbocycles. The summed E-state index contributed by atoms with van der Waals surface area (Å²) in [5, 5.41) is 5.78. The quantitative estimate of drug-likeness (QED) is 0.755. The van der Waals surface area contributed by atoms with Gasteiger partial charge in [0.05, 0.1) is 0 Å². The van der Waals surface area contributed by atoms with Crippen molar-refractivity contribution in [3.63, 3.8) is 0 Å². The van der Waals surface area contributed by atoms with E-state index in [1.54, 1.807) is 17.0 Å². The molecule has 2 aromatic rings. The second-order valence-electron chi connectivity index (χ2n) is 7.70. The summed E-state index contributed by atoms with van der Waals surface area (Å²) >= 11 is 0. The fraction of sp³-hybridized carbons (Fsp3) is 0.391. The van der Waals surface area contributed by atoms with Crippen molar-refractivity contribution < 1.29 is 14.0 Å². The third kappa shape index (κ3) is 6.59. The number of nitrogens with zero attached hydrogens (tertiary/aromatic N) is 1. The maximum Gasteiger partial charge on any atom is 0.321 e. The molecule has 2 N–H and O–H groups in total. The van der Waals surface area contributed by atoms with E-state index in [2.05, 4.69) is 16.7 Å². The molecule has 1 saturated heterocycles. The lowest BCUT2D eigenvalue weighted by Gasteiger charge is -2.32. The average molecular weight is 397 g/mol. The van der Waals surface area contributed by atoms with E-state index in [1.807, 2.05) is 25.1 Å². The van der Waals surface area contributed by atoms with Crippen molar-refractivity contribution >= 4 is 17.6 Å². The maximum absolute atomic E-state index is 13.0. The van der Waals surface area contributed by atoms with Gasteiger partial charge in [-0.3, -0.25) is 4.79 Å². The van der Waals surface area contributed by atoms with Crippen LogP contribution in [0.4, 0.5) is 14.9 Å². The number of amides is 3. The van der Waals surface area contributed by atoms with Crippen LogP contribution in [0.5, 0.6) is 0 Å². The highest BCUT2D eigenvalue weighted by atomic mass is 19.1. The van der Waals surface area contributed by atoms with Crippen molar-refractivity contribution in [2.45, 2.75) is 39.2 Å². The van der Waals surface area contributed by atoms with Crippen LogP contribution >= 0.6 is 0 Å². The van der Waals surface area contributed by atoms with Gasteiger partial charge in [-0.15, -0.1) is 0 Å². The fourth-order valence-corrected chi connectivity index (χ4v) is 3.67. The lowest BCUT2D eigenvalue weighted by molar-refractivity contribution is -0.121. The molecule has 1 aliphatic heterocycles. The summed E-state index contributed by atoms with van der Waals surface area (Å²) < 4.78 is 13.0. The molecule has 0 spiro atoms. The molecule has 1 unspecified atom stereocenters. The second-order valence-corrected chi connectivity index (χ2v) is 7.70. The van der Waals surface area contributed by atoms with E-state index < -0.39 is 0 Å². The van der Waals surface area contributed by atoms with Crippen LogP contribution in [0, 0.1) is 18.7 Å². The minimum atomic E-state index is -0.332. The molecule has 0 aromatic heterocycles. The molecular formula is C23H28FN3O2. The Labute approximate surface area is 171 Å². The predicted molar refractivity (Wildman–Crippen MR) is 112 cm³/mol. The van der Waals surface area contributed by atoms with Gasteiger partial charge in [-0.25, -0.2) is 9.18 Å². The van der Waals surface area contributed by atoms with Gasteiger partial charge in [0.15, 0.2) is 0 Å². The Morgan fingerprint density at radius 1 is 1.17 bits per heavy atom. The zero-order chi connectivity index (χ0) is 20.6. The highest BCUT2D eigenvalue weighted by Gasteiger charge is 2.24. The van der Waals surface area contributed by atoms with Gasteiger partial charge >= 0.3 is 6.03 Å². The van der Waals surface area contributed by atoms with Crippen LogP contribution in [0.3, 0.4) is 0 Å². The van der Waals surface area contributed by atoms with Crippen LogP contribution in [0.15, 0.2) is 48.5 Å². The van der Waals surface area contributed by atoms with Crippen LogP contribution in [-0.4, -0.2) is 29.9 Å². The second kappa shape index (κ2) is 10.0. The number of carbonyl (C=O) groups is 2. The predicted octanol–water partition coefficient (Wildman–Crippen LogP) is 4.47.